The molecule has 1 aromatic carbocycles. The fraction of sp³-hybridized carbons (Fsp3) is 0.650. The van der Waals surface area contributed by atoms with Gasteiger partial charge in [0.05, 0.1) is 0 Å². The minimum Gasteiger partial charge on any atom is -0.356 e. The average molecular weight is 331 g/mol. The lowest BCUT2D eigenvalue weighted by atomic mass is 10.1. The van der Waals surface area contributed by atoms with E-state index in [1.807, 2.05) is 7.05 Å². The summed E-state index contributed by atoms with van der Waals surface area (Å²) in [6.07, 6.45) is 2.43. The van der Waals surface area contributed by atoms with Crippen LogP contribution in [0.1, 0.15) is 32.8 Å². The van der Waals surface area contributed by atoms with Gasteiger partial charge in [-0.05, 0) is 43.7 Å². The van der Waals surface area contributed by atoms with E-state index in [-0.39, 0.29) is 0 Å². The number of hydrogen-bond acceptors (Lipinski definition) is 2. The van der Waals surface area contributed by atoms with Gasteiger partial charge in [-0.15, -0.1) is 0 Å². The molecule has 0 radical (unpaired) electrons. The van der Waals surface area contributed by atoms with Crippen molar-refractivity contribution < 1.29 is 0 Å². The van der Waals surface area contributed by atoms with Gasteiger partial charge in [0.2, 0.25) is 0 Å². The molecule has 0 aliphatic carbocycles. The van der Waals surface area contributed by atoms with Gasteiger partial charge in [-0.1, -0.05) is 44.2 Å². The molecule has 0 spiro atoms. The number of nitrogens with zero attached hydrogens (tertiary/aromatic N) is 2. The third-order valence-corrected chi connectivity index (χ3v) is 5.08. The maximum atomic E-state index is 4.35. The Morgan fingerprint density at radius 3 is 2.67 bits per heavy atom. The first-order valence-electron chi connectivity index (χ1n) is 9.32. The Morgan fingerprint density at radius 1 is 1.25 bits per heavy atom. The van der Waals surface area contributed by atoms with Crippen molar-refractivity contribution in [3.8, 4) is 0 Å². The molecule has 1 fully saturated rings. The highest BCUT2D eigenvalue weighted by Crippen LogP contribution is 2.16. The van der Waals surface area contributed by atoms with Crippen molar-refractivity contribution >= 4 is 5.96 Å². The van der Waals surface area contributed by atoms with Gasteiger partial charge in [-0.25, -0.2) is 0 Å². The molecule has 0 saturated carbocycles. The van der Waals surface area contributed by atoms with E-state index in [2.05, 4.69) is 71.6 Å². The Labute approximate surface area is 147 Å². The van der Waals surface area contributed by atoms with Crippen LogP contribution in [0.5, 0.6) is 0 Å². The van der Waals surface area contributed by atoms with Crippen molar-refractivity contribution in [2.75, 3.05) is 33.2 Å². The van der Waals surface area contributed by atoms with Crippen LogP contribution in [-0.2, 0) is 6.42 Å². The van der Waals surface area contributed by atoms with E-state index in [9.17, 15) is 0 Å². The van der Waals surface area contributed by atoms with Gasteiger partial charge in [0, 0.05) is 32.7 Å². The topological polar surface area (TPSA) is 39.7 Å². The van der Waals surface area contributed by atoms with Gasteiger partial charge in [-0.2, -0.15) is 0 Å². The summed E-state index contributed by atoms with van der Waals surface area (Å²) in [5.41, 5.74) is 1.44. The summed E-state index contributed by atoms with van der Waals surface area (Å²) in [4.78, 5) is 6.94. The number of aliphatic imine (C=N–C) groups is 1. The second-order valence-electron chi connectivity index (χ2n) is 7.32. The lowest BCUT2D eigenvalue weighted by Crippen LogP contribution is -2.45. The fourth-order valence-corrected chi connectivity index (χ4v) is 3.03. The van der Waals surface area contributed by atoms with Crippen molar-refractivity contribution in [2.24, 2.45) is 16.8 Å². The molecule has 1 aliphatic heterocycles. The zero-order valence-electron chi connectivity index (χ0n) is 15.8. The number of likely N-dealkylation sites (tertiary alicyclic amines) is 1. The highest BCUT2D eigenvalue weighted by molar-refractivity contribution is 5.79. The quantitative estimate of drug-likeness (QED) is 0.596. The molecule has 2 N–H and O–H groups in total. The van der Waals surface area contributed by atoms with Crippen LogP contribution in [0.4, 0.5) is 0 Å². The monoisotopic (exact) mass is 330 g/mol. The molecule has 1 aliphatic rings. The Balaban J connectivity index is 1.68. The smallest absolute Gasteiger partial charge is 0.191 e. The van der Waals surface area contributed by atoms with E-state index < -0.39 is 0 Å². The molecule has 1 saturated heterocycles. The van der Waals surface area contributed by atoms with Crippen LogP contribution in [-0.4, -0.2) is 50.1 Å². The molecular formula is C20H34N4. The molecule has 4 nitrogen and oxygen atoms in total. The van der Waals surface area contributed by atoms with Crippen molar-refractivity contribution in [1.29, 1.82) is 0 Å². The van der Waals surface area contributed by atoms with Gasteiger partial charge >= 0.3 is 0 Å². The van der Waals surface area contributed by atoms with E-state index in [0.717, 1.165) is 25.5 Å². The van der Waals surface area contributed by atoms with E-state index in [0.29, 0.717) is 17.9 Å². The lowest BCUT2D eigenvalue weighted by Gasteiger charge is -2.22. The molecular weight excluding hydrogens is 296 g/mol. The van der Waals surface area contributed by atoms with Crippen LogP contribution >= 0.6 is 0 Å². The largest absolute Gasteiger partial charge is 0.356 e. The van der Waals surface area contributed by atoms with Crippen molar-refractivity contribution in [1.82, 2.24) is 15.5 Å². The molecule has 0 bridgehead atoms. The maximum absolute atomic E-state index is 4.35. The second kappa shape index (κ2) is 9.67. The summed E-state index contributed by atoms with van der Waals surface area (Å²) in [5, 5.41) is 6.98. The summed E-state index contributed by atoms with van der Waals surface area (Å²) >= 11 is 0. The third-order valence-electron chi connectivity index (χ3n) is 5.08. The number of nitrogens with one attached hydrogen (secondary N) is 2. The molecule has 0 amide bonds. The van der Waals surface area contributed by atoms with E-state index in [1.165, 1.54) is 25.1 Å². The number of guanidine groups is 1. The molecule has 0 aromatic heterocycles. The normalized spacial score (nSPS) is 20.4. The summed E-state index contributed by atoms with van der Waals surface area (Å²) in [6.45, 7) is 11.2. The molecule has 24 heavy (non-hydrogen) atoms. The maximum Gasteiger partial charge on any atom is 0.191 e. The lowest BCUT2D eigenvalue weighted by molar-refractivity contribution is 0.328. The average Bonchev–Trinajstić information content (AvgIpc) is 3.05. The van der Waals surface area contributed by atoms with Crippen LogP contribution in [0.15, 0.2) is 35.3 Å². The molecule has 1 aromatic rings. The number of benzene rings is 1. The summed E-state index contributed by atoms with van der Waals surface area (Å²) in [7, 11) is 1.85. The van der Waals surface area contributed by atoms with E-state index in [1.54, 1.807) is 0 Å². The Hall–Kier alpha value is -1.55. The fourth-order valence-electron chi connectivity index (χ4n) is 3.03. The molecule has 1 heterocycles. The first-order valence-corrected chi connectivity index (χ1v) is 9.32. The Morgan fingerprint density at radius 2 is 2.00 bits per heavy atom. The predicted molar refractivity (Wildman–Crippen MR) is 103 cm³/mol. The van der Waals surface area contributed by atoms with E-state index >= 15 is 0 Å². The Kier molecular flexibility index (Phi) is 7.57. The van der Waals surface area contributed by atoms with Gasteiger partial charge < -0.3 is 15.5 Å². The van der Waals surface area contributed by atoms with E-state index in [4.69, 9.17) is 0 Å². The minimum absolute atomic E-state index is 0.433. The first-order chi connectivity index (χ1) is 11.6. The molecule has 2 atom stereocenters. The zero-order valence-corrected chi connectivity index (χ0v) is 15.8. The van der Waals surface area contributed by atoms with Crippen LogP contribution in [0, 0.1) is 11.8 Å². The summed E-state index contributed by atoms with van der Waals surface area (Å²) in [6, 6.07) is 11.2. The van der Waals surface area contributed by atoms with Crippen molar-refractivity contribution in [3.05, 3.63) is 35.9 Å². The van der Waals surface area contributed by atoms with Crippen LogP contribution in [0.25, 0.3) is 0 Å². The molecule has 4 heteroatoms. The van der Waals surface area contributed by atoms with Gasteiger partial charge in [0.15, 0.2) is 5.96 Å². The number of hydrogen-bond donors (Lipinski definition) is 2. The molecule has 2 unspecified atom stereocenters. The number of rotatable bonds is 7. The summed E-state index contributed by atoms with van der Waals surface area (Å²) < 4.78 is 0. The third kappa shape index (κ3) is 6.16. The van der Waals surface area contributed by atoms with Gasteiger partial charge in [-0.3, -0.25) is 4.99 Å². The highest BCUT2D eigenvalue weighted by Gasteiger charge is 2.22. The molecule has 134 valence electrons. The first kappa shape index (κ1) is 18.8. The Bertz CT molecular complexity index is 498. The van der Waals surface area contributed by atoms with Crippen molar-refractivity contribution in [2.45, 2.75) is 39.7 Å². The predicted octanol–water partition coefficient (Wildman–Crippen LogP) is 2.76. The second-order valence-corrected chi connectivity index (χ2v) is 7.32. The molecule has 2 rings (SSSR count). The van der Waals surface area contributed by atoms with Gasteiger partial charge in [0.1, 0.15) is 0 Å². The van der Waals surface area contributed by atoms with Crippen molar-refractivity contribution in [3.63, 3.8) is 0 Å². The van der Waals surface area contributed by atoms with Crippen LogP contribution in [0.2, 0.25) is 0 Å². The highest BCUT2D eigenvalue weighted by atomic mass is 15.2. The summed E-state index contributed by atoms with van der Waals surface area (Å²) in [5.74, 6) is 2.25. The standard InChI is InChI=1S/C20H34N4/c1-16(2)17(3)23-20(21-4)22-14-19-11-13-24(15-19)12-10-18-8-6-5-7-9-18/h5-9,16-17,19H,10-15H2,1-4H3,(H2,21,22,23). The zero-order chi connectivity index (χ0) is 17.4. The van der Waals surface area contributed by atoms with Gasteiger partial charge in [0.25, 0.3) is 0 Å². The minimum atomic E-state index is 0.433. The van der Waals surface area contributed by atoms with Crippen LogP contribution < -0.4 is 10.6 Å². The SMILES string of the molecule is CN=C(NCC1CCN(CCc2ccccc2)C1)NC(C)C(C)C. The van der Waals surface area contributed by atoms with Crippen LogP contribution in [0.3, 0.4) is 0 Å².